The third-order valence-electron chi connectivity index (χ3n) is 2.05. The first-order chi connectivity index (χ1) is 6.70. The van der Waals surface area contributed by atoms with Gasteiger partial charge >= 0.3 is 0 Å². The molecule has 1 rings (SSSR count). The Labute approximate surface area is 91.3 Å². The van der Waals surface area contributed by atoms with Crippen molar-refractivity contribution in [1.82, 2.24) is 0 Å². The Bertz CT molecular complexity index is 331. The van der Waals surface area contributed by atoms with Gasteiger partial charge in [-0.2, -0.15) is 4.39 Å². The summed E-state index contributed by atoms with van der Waals surface area (Å²) in [6.07, 6.45) is 0. The van der Waals surface area contributed by atoms with Gasteiger partial charge < -0.3 is 4.74 Å². The second-order valence-electron chi connectivity index (χ2n) is 5.21. The number of hydrogen-bond acceptors (Lipinski definition) is 1. The first-order valence-corrected chi connectivity index (χ1v) is 5.17. The number of halogens is 1. The number of hydrogen-bond donors (Lipinski definition) is 0. The second-order valence-corrected chi connectivity index (χ2v) is 5.21. The van der Waals surface area contributed by atoms with Gasteiger partial charge in [0.2, 0.25) is 5.85 Å². The van der Waals surface area contributed by atoms with Gasteiger partial charge in [-0.05, 0) is 17.0 Å². The molecule has 15 heavy (non-hydrogen) atoms. The van der Waals surface area contributed by atoms with Crippen LogP contribution in [0.5, 0.6) is 5.75 Å². The molecule has 0 spiro atoms. The topological polar surface area (TPSA) is 9.23 Å². The normalized spacial score (nSPS) is 12.7. The van der Waals surface area contributed by atoms with Crippen LogP contribution in [0, 0.1) is 0 Å². The third-order valence-corrected chi connectivity index (χ3v) is 2.05. The third kappa shape index (κ3) is 3.54. The van der Waals surface area contributed by atoms with Crippen molar-refractivity contribution in [3.63, 3.8) is 0 Å². The summed E-state index contributed by atoms with van der Waals surface area (Å²) in [6, 6.07) is 7.58. The highest BCUT2D eigenvalue weighted by Gasteiger charge is 2.23. The lowest BCUT2D eigenvalue weighted by atomic mass is 9.86. The van der Waals surface area contributed by atoms with E-state index in [9.17, 15) is 4.39 Å². The van der Waals surface area contributed by atoms with Crippen LogP contribution in [0.15, 0.2) is 24.3 Å². The lowest BCUT2D eigenvalue weighted by Gasteiger charge is -2.25. The molecule has 0 aliphatic heterocycles. The maximum absolute atomic E-state index is 13.4. The van der Waals surface area contributed by atoms with E-state index in [0.717, 1.165) is 5.56 Å². The molecule has 0 radical (unpaired) electrons. The molecule has 1 nitrogen and oxygen atoms in total. The van der Waals surface area contributed by atoms with Crippen LogP contribution in [0.1, 0.15) is 40.2 Å². The molecule has 0 aliphatic carbocycles. The van der Waals surface area contributed by atoms with Crippen molar-refractivity contribution in [3.8, 4) is 5.75 Å². The molecule has 0 heterocycles. The van der Waals surface area contributed by atoms with E-state index >= 15 is 0 Å². The minimum Gasteiger partial charge on any atom is -0.458 e. The first kappa shape index (κ1) is 12.0. The van der Waals surface area contributed by atoms with Crippen molar-refractivity contribution in [3.05, 3.63) is 29.8 Å². The number of alkyl halides is 1. The fourth-order valence-electron chi connectivity index (χ4n) is 1.44. The minimum atomic E-state index is -1.64. The minimum absolute atomic E-state index is 0.0398. The van der Waals surface area contributed by atoms with Gasteiger partial charge in [-0.3, -0.25) is 0 Å². The predicted molar refractivity (Wildman–Crippen MR) is 61.0 cm³/mol. The lowest BCUT2D eigenvalue weighted by Crippen LogP contribution is -2.23. The monoisotopic (exact) mass is 210 g/mol. The van der Waals surface area contributed by atoms with Crippen molar-refractivity contribution in [2.75, 3.05) is 0 Å². The summed E-state index contributed by atoms with van der Waals surface area (Å²) in [5.41, 5.74) is 0.984. The van der Waals surface area contributed by atoms with Crippen LogP contribution in [0.4, 0.5) is 4.39 Å². The molecule has 0 saturated carbocycles. The summed E-state index contributed by atoms with van der Waals surface area (Å²) < 4.78 is 18.7. The zero-order chi connectivity index (χ0) is 11.7. The van der Waals surface area contributed by atoms with Gasteiger partial charge in [0.05, 0.1) is 0 Å². The summed E-state index contributed by atoms with van der Waals surface area (Å²) in [5.74, 6) is -1.01. The van der Waals surface area contributed by atoms with Gasteiger partial charge in [-0.25, -0.2) is 0 Å². The quantitative estimate of drug-likeness (QED) is 0.715. The SMILES string of the molecule is CC(C)(F)Oc1ccccc1C(C)(C)C. The van der Waals surface area contributed by atoms with Gasteiger partial charge in [0.1, 0.15) is 5.75 Å². The summed E-state index contributed by atoms with van der Waals surface area (Å²) in [4.78, 5) is 0. The molecule has 2 heteroatoms. The average molecular weight is 210 g/mol. The van der Waals surface area contributed by atoms with Gasteiger partial charge in [0.25, 0.3) is 0 Å². The Morgan fingerprint density at radius 3 is 2.00 bits per heavy atom. The molecule has 84 valence electrons. The van der Waals surface area contributed by atoms with Gasteiger partial charge in [-0.1, -0.05) is 39.0 Å². The fraction of sp³-hybridized carbons (Fsp3) is 0.538. The summed E-state index contributed by atoms with van der Waals surface area (Å²) in [7, 11) is 0. The molecule has 0 amide bonds. The molecule has 1 aromatic rings. The molecular weight excluding hydrogens is 191 g/mol. The highest BCUT2D eigenvalue weighted by atomic mass is 19.2. The van der Waals surface area contributed by atoms with Crippen molar-refractivity contribution in [2.45, 2.75) is 45.9 Å². The molecule has 1 aromatic carbocycles. The summed E-state index contributed by atoms with van der Waals surface area (Å²) in [5, 5.41) is 0. The summed E-state index contributed by atoms with van der Waals surface area (Å²) >= 11 is 0. The Hall–Kier alpha value is -1.05. The Kier molecular flexibility index (Phi) is 3.08. The largest absolute Gasteiger partial charge is 0.458 e. The average Bonchev–Trinajstić information content (AvgIpc) is 1.99. The van der Waals surface area contributed by atoms with E-state index in [1.165, 1.54) is 13.8 Å². The zero-order valence-corrected chi connectivity index (χ0v) is 10.1. The van der Waals surface area contributed by atoms with Crippen LogP contribution in [-0.4, -0.2) is 5.85 Å². The molecule has 0 unspecified atom stereocenters. The smallest absolute Gasteiger partial charge is 0.242 e. The zero-order valence-electron chi connectivity index (χ0n) is 10.1. The van der Waals surface area contributed by atoms with E-state index in [1.54, 1.807) is 0 Å². The fourth-order valence-corrected chi connectivity index (χ4v) is 1.44. The van der Waals surface area contributed by atoms with Crippen molar-refractivity contribution in [1.29, 1.82) is 0 Å². The number of rotatable bonds is 2. The van der Waals surface area contributed by atoms with Crippen molar-refractivity contribution < 1.29 is 9.13 Å². The Morgan fingerprint density at radius 1 is 1.00 bits per heavy atom. The predicted octanol–water partition coefficient (Wildman–Crippen LogP) is 4.07. The number of ether oxygens (including phenoxy) is 1. The molecule has 0 fully saturated rings. The van der Waals surface area contributed by atoms with E-state index in [4.69, 9.17) is 4.74 Å². The van der Waals surface area contributed by atoms with E-state index in [2.05, 4.69) is 20.8 Å². The van der Waals surface area contributed by atoms with Crippen LogP contribution >= 0.6 is 0 Å². The van der Waals surface area contributed by atoms with Crippen molar-refractivity contribution in [2.24, 2.45) is 0 Å². The van der Waals surface area contributed by atoms with Crippen LogP contribution in [0.25, 0.3) is 0 Å². The van der Waals surface area contributed by atoms with E-state index in [0.29, 0.717) is 5.75 Å². The maximum atomic E-state index is 13.4. The highest BCUT2D eigenvalue weighted by Crippen LogP contribution is 2.33. The molecule has 0 N–H and O–H groups in total. The molecule has 0 atom stereocenters. The first-order valence-electron chi connectivity index (χ1n) is 5.17. The lowest BCUT2D eigenvalue weighted by molar-refractivity contribution is -0.0269. The molecule has 0 aromatic heterocycles. The Morgan fingerprint density at radius 2 is 1.53 bits per heavy atom. The standard InChI is InChI=1S/C13H19FO/c1-12(2,3)10-8-6-7-9-11(10)15-13(4,5)14/h6-9H,1-5H3. The number of benzene rings is 1. The van der Waals surface area contributed by atoms with Gasteiger partial charge in [0, 0.05) is 13.8 Å². The molecule has 0 aliphatic rings. The van der Waals surface area contributed by atoms with Crippen molar-refractivity contribution >= 4 is 0 Å². The number of para-hydroxylation sites is 1. The summed E-state index contributed by atoms with van der Waals surface area (Å²) in [6.45, 7) is 9.07. The maximum Gasteiger partial charge on any atom is 0.242 e. The Balaban J connectivity index is 3.08. The van der Waals surface area contributed by atoms with E-state index in [-0.39, 0.29) is 5.41 Å². The van der Waals surface area contributed by atoms with Crippen LogP contribution < -0.4 is 4.74 Å². The molecular formula is C13H19FO. The van der Waals surface area contributed by atoms with E-state index < -0.39 is 5.85 Å². The highest BCUT2D eigenvalue weighted by molar-refractivity contribution is 5.38. The van der Waals surface area contributed by atoms with Crippen LogP contribution in [-0.2, 0) is 5.41 Å². The van der Waals surface area contributed by atoms with Gasteiger partial charge in [0.15, 0.2) is 0 Å². The molecule has 0 bridgehead atoms. The molecule has 0 saturated heterocycles. The van der Waals surface area contributed by atoms with Crippen LogP contribution in [0.3, 0.4) is 0 Å². The van der Waals surface area contributed by atoms with E-state index in [1.807, 2.05) is 24.3 Å². The van der Waals surface area contributed by atoms with Crippen LogP contribution in [0.2, 0.25) is 0 Å². The van der Waals surface area contributed by atoms with Gasteiger partial charge in [-0.15, -0.1) is 0 Å². The second kappa shape index (κ2) is 3.84.